The van der Waals surface area contributed by atoms with E-state index in [-0.39, 0.29) is 24.3 Å². The molecule has 0 bridgehead atoms. The molecule has 0 spiro atoms. The maximum Gasteiger partial charge on any atom is 0.263 e. The Labute approximate surface area is 220 Å². The molecule has 1 aliphatic rings. The number of carbonyl (C=O) groups is 1. The number of thiazole rings is 1. The van der Waals surface area contributed by atoms with E-state index >= 15 is 0 Å². The van der Waals surface area contributed by atoms with Gasteiger partial charge in [-0.25, -0.2) is 13.4 Å². The standard InChI is InChI=1S/C25H26ClN5O3S2.H2/c1-17-16-29(20-6-8-21(9-7-20)36(33,34)28-25-27-11-15-35-25)13-14-30(17)24(32)18(2)31-12-10-19-4-3-5-22(26)23(19)31;/h3-12,15,17-18H,13-14,16H2,1-2H3,(H,27,28);1H. The van der Waals surface area contributed by atoms with Crippen molar-refractivity contribution in [3.05, 3.63) is 71.3 Å². The lowest BCUT2D eigenvalue weighted by atomic mass is 10.1. The van der Waals surface area contributed by atoms with Gasteiger partial charge in [0.05, 0.1) is 15.4 Å². The highest BCUT2D eigenvalue weighted by Gasteiger charge is 2.31. The second-order valence-corrected chi connectivity index (χ2v) is 11.8. The molecular weight excluding hydrogens is 518 g/mol. The molecule has 0 saturated carbocycles. The van der Waals surface area contributed by atoms with Gasteiger partial charge >= 0.3 is 0 Å². The summed E-state index contributed by atoms with van der Waals surface area (Å²) in [5.74, 6) is 0.0503. The average molecular weight is 546 g/mol. The quantitative estimate of drug-likeness (QED) is 0.364. The number of fused-ring (bicyclic) bond motifs is 1. The summed E-state index contributed by atoms with van der Waals surface area (Å²) in [5.41, 5.74) is 1.78. The van der Waals surface area contributed by atoms with Crippen molar-refractivity contribution < 1.29 is 14.6 Å². The van der Waals surface area contributed by atoms with Crippen LogP contribution in [0.15, 0.2) is 71.2 Å². The molecule has 1 saturated heterocycles. The molecule has 5 rings (SSSR count). The Hall–Kier alpha value is -3.08. The number of sulfonamides is 1. The molecule has 190 valence electrons. The van der Waals surface area contributed by atoms with Gasteiger partial charge in [0.2, 0.25) is 5.91 Å². The summed E-state index contributed by atoms with van der Waals surface area (Å²) in [6.07, 6.45) is 3.47. The number of hydrogen-bond acceptors (Lipinski definition) is 6. The first-order valence-corrected chi connectivity index (χ1v) is 14.3. The summed E-state index contributed by atoms with van der Waals surface area (Å²) in [7, 11) is -3.70. The lowest BCUT2D eigenvalue weighted by Gasteiger charge is -2.42. The van der Waals surface area contributed by atoms with Crippen LogP contribution in [0.5, 0.6) is 0 Å². The van der Waals surface area contributed by atoms with Crippen molar-refractivity contribution in [2.24, 2.45) is 0 Å². The molecule has 36 heavy (non-hydrogen) atoms. The number of carbonyl (C=O) groups excluding carboxylic acids is 1. The Morgan fingerprint density at radius 3 is 2.67 bits per heavy atom. The maximum atomic E-state index is 13.5. The number of hydrogen-bond donors (Lipinski definition) is 1. The van der Waals surface area contributed by atoms with Crippen LogP contribution in [0.4, 0.5) is 10.8 Å². The molecule has 2 atom stereocenters. The Morgan fingerprint density at radius 2 is 1.97 bits per heavy atom. The van der Waals surface area contributed by atoms with Gasteiger partial charge in [0.1, 0.15) is 6.04 Å². The zero-order valence-electron chi connectivity index (χ0n) is 19.8. The summed E-state index contributed by atoms with van der Waals surface area (Å²) >= 11 is 7.66. The summed E-state index contributed by atoms with van der Waals surface area (Å²) in [5, 5.41) is 3.68. The van der Waals surface area contributed by atoms with E-state index < -0.39 is 10.0 Å². The minimum absolute atomic E-state index is 0. The van der Waals surface area contributed by atoms with Crippen molar-refractivity contribution in [1.82, 2.24) is 14.5 Å². The largest absolute Gasteiger partial charge is 0.368 e. The Morgan fingerprint density at radius 1 is 1.19 bits per heavy atom. The average Bonchev–Trinajstić information content (AvgIpc) is 3.53. The third-order valence-corrected chi connectivity index (χ3v) is 9.02. The van der Waals surface area contributed by atoms with E-state index in [1.165, 1.54) is 11.3 Å². The van der Waals surface area contributed by atoms with Crippen LogP contribution in [-0.4, -0.2) is 54.5 Å². The number of para-hydroxylation sites is 1. The van der Waals surface area contributed by atoms with Crippen LogP contribution >= 0.6 is 22.9 Å². The van der Waals surface area contributed by atoms with E-state index in [1.54, 1.807) is 35.8 Å². The summed E-state index contributed by atoms with van der Waals surface area (Å²) in [4.78, 5) is 21.7. The Balaban J connectivity index is 0.00000320. The maximum absolute atomic E-state index is 13.5. The number of nitrogens with zero attached hydrogens (tertiary/aromatic N) is 4. The first-order valence-electron chi connectivity index (χ1n) is 11.6. The fraction of sp³-hybridized carbons (Fsp3) is 0.280. The van der Waals surface area contributed by atoms with Gasteiger partial charge in [-0.05, 0) is 50.2 Å². The van der Waals surface area contributed by atoms with Crippen LogP contribution in [0.3, 0.4) is 0 Å². The Bertz CT molecular complexity index is 1490. The smallest absolute Gasteiger partial charge is 0.263 e. The molecule has 11 heteroatoms. The molecule has 0 aliphatic carbocycles. The van der Waals surface area contributed by atoms with E-state index in [0.29, 0.717) is 29.8 Å². The van der Waals surface area contributed by atoms with Gasteiger partial charge < -0.3 is 14.4 Å². The lowest BCUT2D eigenvalue weighted by molar-refractivity contribution is -0.136. The van der Waals surface area contributed by atoms with Gasteiger partial charge in [0.15, 0.2) is 5.13 Å². The summed E-state index contributed by atoms with van der Waals surface area (Å²) in [6, 6.07) is 14.1. The van der Waals surface area contributed by atoms with Crippen LogP contribution < -0.4 is 9.62 Å². The summed E-state index contributed by atoms with van der Waals surface area (Å²) < 4.78 is 29.6. The van der Waals surface area contributed by atoms with Gasteiger partial charge in [-0.2, -0.15) is 0 Å². The zero-order valence-corrected chi connectivity index (χ0v) is 22.2. The Kier molecular flexibility index (Phi) is 6.67. The normalized spacial score (nSPS) is 17.4. The monoisotopic (exact) mass is 545 g/mol. The van der Waals surface area contributed by atoms with Crippen molar-refractivity contribution in [2.45, 2.75) is 30.8 Å². The van der Waals surface area contributed by atoms with E-state index in [9.17, 15) is 13.2 Å². The van der Waals surface area contributed by atoms with Gasteiger partial charge in [-0.3, -0.25) is 9.52 Å². The third kappa shape index (κ3) is 4.68. The highest BCUT2D eigenvalue weighted by atomic mass is 35.5. The molecule has 2 aromatic carbocycles. The predicted octanol–water partition coefficient (Wildman–Crippen LogP) is 5.10. The highest BCUT2D eigenvalue weighted by molar-refractivity contribution is 7.93. The first kappa shape index (κ1) is 24.6. The first-order chi connectivity index (χ1) is 17.2. The number of rotatable bonds is 6. The van der Waals surface area contributed by atoms with E-state index in [0.717, 1.165) is 16.6 Å². The SMILES string of the molecule is CC1CN(c2ccc(S(=O)(=O)Nc3nccs3)cc2)CCN1C(=O)C(C)n1ccc2cccc(Cl)c21.[HH]. The molecule has 4 aromatic rings. The van der Waals surface area contributed by atoms with E-state index in [2.05, 4.69) is 14.6 Å². The third-order valence-electron chi connectivity index (χ3n) is 6.54. The van der Waals surface area contributed by atoms with Crippen LogP contribution in [-0.2, 0) is 14.8 Å². The lowest BCUT2D eigenvalue weighted by Crippen LogP contribution is -2.55. The minimum Gasteiger partial charge on any atom is -0.368 e. The molecule has 2 aromatic heterocycles. The zero-order chi connectivity index (χ0) is 25.4. The van der Waals surface area contributed by atoms with Crippen molar-refractivity contribution in [2.75, 3.05) is 29.3 Å². The number of anilines is 2. The van der Waals surface area contributed by atoms with Gasteiger partial charge in [-0.15, -0.1) is 11.3 Å². The van der Waals surface area contributed by atoms with Crippen LogP contribution in [0.2, 0.25) is 5.02 Å². The fourth-order valence-electron chi connectivity index (χ4n) is 4.66. The molecule has 1 N–H and O–H groups in total. The van der Waals surface area contributed by atoms with Gasteiger partial charge in [0, 0.05) is 56.0 Å². The molecule has 3 heterocycles. The minimum atomic E-state index is -3.70. The molecule has 8 nitrogen and oxygen atoms in total. The molecule has 0 radical (unpaired) electrons. The number of halogens is 1. The number of amides is 1. The number of benzene rings is 2. The highest BCUT2D eigenvalue weighted by Crippen LogP contribution is 2.29. The van der Waals surface area contributed by atoms with Crippen LogP contribution in [0.25, 0.3) is 10.9 Å². The molecule has 2 unspecified atom stereocenters. The van der Waals surface area contributed by atoms with Crippen LogP contribution in [0.1, 0.15) is 21.3 Å². The van der Waals surface area contributed by atoms with E-state index in [4.69, 9.17) is 11.6 Å². The van der Waals surface area contributed by atoms with Crippen molar-refractivity contribution in [3.63, 3.8) is 0 Å². The number of aromatic nitrogens is 2. The predicted molar refractivity (Wildman–Crippen MR) is 147 cm³/mol. The topological polar surface area (TPSA) is 87.5 Å². The molecule has 1 amide bonds. The molecular formula is C25H28ClN5O3S2. The van der Waals surface area contributed by atoms with Crippen molar-refractivity contribution >= 4 is 60.6 Å². The van der Waals surface area contributed by atoms with Gasteiger partial charge in [-0.1, -0.05) is 23.7 Å². The van der Waals surface area contributed by atoms with Crippen molar-refractivity contribution in [3.8, 4) is 0 Å². The van der Waals surface area contributed by atoms with Crippen molar-refractivity contribution in [1.29, 1.82) is 0 Å². The second-order valence-electron chi connectivity index (χ2n) is 8.84. The second kappa shape index (κ2) is 9.76. The van der Waals surface area contributed by atoms with Gasteiger partial charge in [0.25, 0.3) is 10.0 Å². The van der Waals surface area contributed by atoms with E-state index in [1.807, 2.05) is 53.8 Å². The number of piperazine rings is 1. The molecule has 1 aliphatic heterocycles. The van der Waals surface area contributed by atoms with Crippen LogP contribution in [0, 0.1) is 0 Å². The summed E-state index contributed by atoms with van der Waals surface area (Å²) in [6.45, 7) is 5.81. The fourth-order valence-corrected chi connectivity index (χ4v) is 6.73. The molecule has 1 fully saturated rings. The number of nitrogens with one attached hydrogen (secondary N) is 1.